The van der Waals surface area contributed by atoms with Crippen LogP contribution in [0.3, 0.4) is 0 Å². The van der Waals surface area contributed by atoms with E-state index in [1.807, 2.05) is 12.1 Å². The highest BCUT2D eigenvalue weighted by Crippen LogP contribution is 2.24. The van der Waals surface area contributed by atoms with E-state index in [9.17, 15) is 13.6 Å². The highest BCUT2D eigenvalue weighted by molar-refractivity contribution is 5.92. The zero-order chi connectivity index (χ0) is 17.0. The second kappa shape index (κ2) is 6.77. The summed E-state index contributed by atoms with van der Waals surface area (Å²) in [5.41, 5.74) is 0.975. The minimum atomic E-state index is -0.700. The van der Waals surface area contributed by atoms with Crippen molar-refractivity contribution in [2.24, 2.45) is 0 Å². The molecule has 0 spiro atoms. The molecule has 0 unspecified atom stereocenters. The Morgan fingerprint density at radius 3 is 2.35 bits per heavy atom. The molecule has 0 aromatic heterocycles. The van der Waals surface area contributed by atoms with E-state index in [2.05, 4.69) is 26.1 Å². The monoisotopic (exact) mass is 319 g/mol. The van der Waals surface area contributed by atoms with E-state index in [-0.39, 0.29) is 17.7 Å². The van der Waals surface area contributed by atoms with Crippen LogP contribution in [0.1, 0.15) is 26.3 Å². The van der Waals surface area contributed by atoms with Gasteiger partial charge in [-0.05, 0) is 35.2 Å². The highest BCUT2D eigenvalue weighted by Gasteiger charge is 2.13. The molecule has 3 nitrogen and oxygen atoms in total. The number of halogens is 2. The summed E-state index contributed by atoms with van der Waals surface area (Å²) >= 11 is 0. The van der Waals surface area contributed by atoms with E-state index < -0.39 is 17.5 Å². The molecule has 0 aliphatic carbocycles. The zero-order valence-electron chi connectivity index (χ0n) is 13.3. The molecule has 2 aromatic rings. The first kappa shape index (κ1) is 16.9. The number of hydrogen-bond acceptors (Lipinski definition) is 2. The van der Waals surface area contributed by atoms with Gasteiger partial charge in [0.2, 0.25) is 0 Å². The minimum Gasteiger partial charge on any atom is -0.484 e. The number of hydrogen-bond donors (Lipinski definition) is 1. The van der Waals surface area contributed by atoms with Gasteiger partial charge in [0.15, 0.2) is 6.61 Å². The first-order chi connectivity index (χ1) is 10.8. The topological polar surface area (TPSA) is 38.3 Å². The van der Waals surface area contributed by atoms with Gasteiger partial charge in [-0.15, -0.1) is 0 Å². The Hall–Kier alpha value is -2.43. The van der Waals surface area contributed by atoms with Crippen molar-refractivity contribution in [2.75, 3.05) is 11.9 Å². The first-order valence-electron chi connectivity index (χ1n) is 7.24. The van der Waals surface area contributed by atoms with Crippen molar-refractivity contribution in [1.29, 1.82) is 0 Å². The molecule has 5 heteroatoms. The lowest BCUT2D eigenvalue weighted by atomic mass is 9.87. The number of carbonyl (C=O) groups excluding carboxylic acids is 1. The van der Waals surface area contributed by atoms with Crippen molar-refractivity contribution in [3.63, 3.8) is 0 Å². The summed E-state index contributed by atoms with van der Waals surface area (Å²) in [5, 5.41) is 2.28. The van der Waals surface area contributed by atoms with E-state index in [0.29, 0.717) is 5.75 Å². The van der Waals surface area contributed by atoms with Crippen LogP contribution in [0.4, 0.5) is 14.5 Å². The molecule has 0 heterocycles. The standard InChI is InChI=1S/C18H19F2NO2/c1-18(2,3)12-4-7-14(8-5-12)23-11-17(22)21-16-10-13(19)6-9-15(16)20/h4-10H,11H2,1-3H3,(H,21,22). The van der Waals surface area contributed by atoms with Crippen molar-refractivity contribution in [3.05, 3.63) is 59.7 Å². The molecule has 0 aliphatic rings. The summed E-state index contributed by atoms with van der Waals surface area (Å²) < 4.78 is 31.8. The second-order valence-corrected chi connectivity index (χ2v) is 6.24. The first-order valence-corrected chi connectivity index (χ1v) is 7.24. The van der Waals surface area contributed by atoms with E-state index >= 15 is 0 Å². The van der Waals surface area contributed by atoms with Crippen LogP contribution < -0.4 is 10.1 Å². The Morgan fingerprint density at radius 2 is 1.74 bits per heavy atom. The smallest absolute Gasteiger partial charge is 0.262 e. The van der Waals surface area contributed by atoms with Crippen LogP contribution >= 0.6 is 0 Å². The molecule has 0 aliphatic heterocycles. The van der Waals surface area contributed by atoms with Gasteiger partial charge in [-0.2, -0.15) is 0 Å². The molecule has 0 bridgehead atoms. The Bertz CT molecular complexity index is 691. The highest BCUT2D eigenvalue weighted by atomic mass is 19.1. The molecule has 1 N–H and O–H groups in total. The average Bonchev–Trinajstić information content (AvgIpc) is 2.48. The molecule has 0 atom stereocenters. The number of ether oxygens (including phenoxy) is 1. The summed E-state index contributed by atoms with van der Waals surface area (Å²) in [6.07, 6.45) is 0. The fraction of sp³-hybridized carbons (Fsp3) is 0.278. The summed E-state index contributed by atoms with van der Waals surface area (Å²) in [6, 6.07) is 10.3. The number of rotatable bonds is 4. The van der Waals surface area contributed by atoms with Gasteiger partial charge in [-0.25, -0.2) is 8.78 Å². The molecular formula is C18H19F2NO2. The molecule has 2 aromatic carbocycles. The lowest BCUT2D eigenvalue weighted by Gasteiger charge is -2.19. The Kier molecular flexibility index (Phi) is 4.98. The van der Waals surface area contributed by atoms with Gasteiger partial charge < -0.3 is 10.1 Å². The van der Waals surface area contributed by atoms with Gasteiger partial charge >= 0.3 is 0 Å². The maximum atomic E-state index is 13.4. The SMILES string of the molecule is CC(C)(C)c1ccc(OCC(=O)Nc2cc(F)ccc2F)cc1. The molecule has 0 radical (unpaired) electrons. The number of anilines is 1. The van der Waals surface area contributed by atoms with Crippen LogP contribution in [0.15, 0.2) is 42.5 Å². The van der Waals surface area contributed by atoms with Gasteiger partial charge in [-0.1, -0.05) is 32.9 Å². The summed E-state index contributed by atoms with van der Waals surface area (Å²) in [6.45, 7) is 6.02. The molecule has 2 rings (SSSR count). The molecule has 0 saturated heterocycles. The Labute approximate surface area is 134 Å². The van der Waals surface area contributed by atoms with Crippen molar-refractivity contribution >= 4 is 11.6 Å². The van der Waals surface area contributed by atoms with E-state index in [1.165, 1.54) is 0 Å². The van der Waals surface area contributed by atoms with Gasteiger partial charge in [0.05, 0.1) is 5.69 Å². The van der Waals surface area contributed by atoms with Crippen molar-refractivity contribution in [3.8, 4) is 5.75 Å². The van der Waals surface area contributed by atoms with Crippen LogP contribution in [-0.4, -0.2) is 12.5 Å². The number of amides is 1. The molecule has 0 saturated carbocycles. The van der Waals surface area contributed by atoms with Crippen LogP contribution in [0.5, 0.6) is 5.75 Å². The maximum absolute atomic E-state index is 13.4. The summed E-state index contributed by atoms with van der Waals surface area (Å²) in [7, 11) is 0. The van der Waals surface area contributed by atoms with Gasteiger partial charge in [0.1, 0.15) is 17.4 Å². The largest absolute Gasteiger partial charge is 0.484 e. The lowest BCUT2D eigenvalue weighted by Crippen LogP contribution is -2.21. The van der Waals surface area contributed by atoms with Crippen LogP contribution in [0.2, 0.25) is 0 Å². The van der Waals surface area contributed by atoms with Crippen LogP contribution in [0.25, 0.3) is 0 Å². The van der Waals surface area contributed by atoms with Crippen molar-refractivity contribution in [2.45, 2.75) is 26.2 Å². The summed E-state index contributed by atoms with van der Waals surface area (Å²) in [5.74, 6) is -1.35. The van der Waals surface area contributed by atoms with Gasteiger partial charge in [-0.3, -0.25) is 4.79 Å². The van der Waals surface area contributed by atoms with Crippen molar-refractivity contribution < 1.29 is 18.3 Å². The van der Waals surface area contributed by atoms with E-state index in [1.54, 1.807) is 12.1 Å². The third-order valence-electron chi connectivity index (χ3n) is 3.29. The quantitative estimate of drug-likeness (QED) is 0.913. The fourth-order valence-corrected chi connectivity index (χ4v) is 1.98. The summed E-state index contributed by atoms with van der Waals surface area (Å²) in [4.78, 5) is 11.8. The lowest BCUT2D eigenvalue weighted by molar-refractivity contribution is -0.118. The average molecular weight is 319 g/mol. The molecular weight excluding hydrogens is 300 g/mol. The van der Waals surface area contributed by atoms with Crippen molar-refractivity contribution in [1.82, 2.24) is 0 Å². The molecule has 122 valence electrons. The second-order valence-electron chi connectivity index (χ2n) is 6.24. The molecule has 23 heavy (non-hydrogen) atoms. The zero-order valence-corrected chi connectivity index (χ0v) is 13.3. The van der Waals surface area contributed by atoms with E-state index in [0.717, 1.165) is 23.8 Å². The Morgan fingerprint density at radius 1 is 1.09 bits per heavy atom. The van der Waals surface area contributed by atoms with Gasteiger partial charge in [0.25, 0.3) is 5.91 Å². The fourth-order valence-electron chi connectivity index (χ4n) is 1.98. The third kappa shape index (κ3) is 4.77. The van der Waals surface area contributed by atoms with E-state index in [4.69, 9.17) is 4.74 Å². The number of carbonyl (C=O) groups is 1. The molecule has 0 fully saturated rings. The predicted molar refractivity (Wildman–Crippen MR) is 85.6 cm³/mol. The predicted octanol–water partition coefficient (Wildman–Crippen LogP) is 4.28. The molecule has 1 amide bonds. The minimum absolute atomic E-state index is 0.0326. The normalized spacial score (nSPS) is 11.2. The third-order valence-corrected chi connectivity index (χ3v) is 3.29. The Balaban J connectivity index is 1.93. The maximum Gasteiger partial charge on any atom is 0.262 e. The van der Waals surface area contributed by atoms with Gasteiger partial charge in [0, 0.05) is 6.07 Å². The number of benzene rings is 2. The van der Waals surface area contributed by atoms with Crippen LogP contribution in [-0.2, 0) is 10.2 Å². The van der Waals surface area contributed by atoms with Crippen LogP contribution in [0, 0.1) is 11.6 Å². The number of nitrogens with one attached hydrogen (secondary N) is 1.